The maximum absolute atomic E-state index is 12.1. The Kier molecular flexibility index (Phi) is 2.02. The number of carbonyl (C=O) groups is 1. The van der Waals surface area contributed by atoms with E-state index >= 15 is 0 Å². The Morgan fingerprint density at radius 3 is 2.59 bits per heavy atom. The van der Waals surface area contributed by atoms with Gasteiger partial charge in [0.05, 0.1) is 11.0 Å². The maximum Gasteiger partial charge on any atom is 0.329 e. The smallest absolute Gasteiger partial charge is 0.295 e. The second kappa shape index (κ2) is 3.32. The van der Waals surface area contributed by atoms with Crippen LogP contribution in [0.2, 0.25) is 0 Å². The minimum Gasteiger partial charge on any atom is -0.295 e. The van der Waals surface area contributed by atoms with Crippen LogP contribution >= 0.6 is 0 Å². The van der Waals surface area contributed by atoms with Crippen LogP contribution in [0.25, 0.3) is 11.0 Å². The van der Waals surface area contributed by atoms with Gasteiger partial charge >= 0.3 is 5.69 Å². The predicted molar refractivity (Wildman–Crippen MR) is 65.5 cm³/mol. The van der Waals surface area contributed by atoms with Crippen LogP contribution in [0, 0.1) is 0 Å². The molecule has 4 nitrogen and oxygen atoms in total. The van der Waals surface area contributed by atoms with E-state index < -0.39 is 0 Å². The van der Waals surface area contributed by atoms with Crippen molar-refractivity contribution in [3.05, 3.63) is 34.2 Å². The third-order valence-corrected chi connectivity index (χ3v) is 3.41. The number of aryl methyl sites for hydroxylation is 1. The highest BCUT2D eigenvalue weighted by molar-refractivity contribution is 5.97. The minimum absolute atomic E-state index is 0.0169. The average Bonchev–Trinajstić information content (AvgIpc) is 3.09. The van der Waals surface area contributed by atoms with Gasteiger partial charge < -0.3 is 0 Å². The fourth-order valence-corrected chi connectivity index (χ4v) is 2.27. The Hall–Kier alpha value is -1.84. The fraction of sp³-hybridized carbons (Fsp3) is 0.385. The molecule has 0 aliphatic heterocycles. The molecule has 4 heteroatoms. The van der Waals surface area contributed by atoms with Crippen LogP contribution in [-0.4, -0.2) is 14.9 Å². The normalized spacial score (nSPS) is 15.4. The molecule has 0 radical (unpaired) electrons. The number of fused-ring (bicyclic) bond motifs is 1. The van der Waals surface area contributed by atoms with Gasteiger partial charge in [-0.2, -0.15) is 0 Å². The van der Waals surface area contributed by atoms with E-state index in [1.807, 2.05) is 10.6 Å². The first-order valence-electron chi connectivity index (χ1n) is 5.81. The largest absolute Gasteiger partial charge is 0.329 e. The Balaban J connectivity index is 2.34. The number of hydrogen-bond acceptors (Lipinski definition) is 2. The highest BCUT2D eigenvalue weighted by atomic mass is 16.1. The monoisotopic (exact) mass is 230 g/mol. The van der Waals surface area contributed by atoms with E-state index in [2.05, 4.69) is 0 Å². The summed E-state index contributed by atoms with van der Waals surface area (Å²) in [5.74, 6) is 0.0264. The van der Waals surface area contributed by atoms with Gasteiger partial charge in [0.25, 0.3) is 0 Å². The molecule has 1 aromatic heterocycles. The molecular formula is C13H14N2O2. The molecule has 0 atom stereocenters. The van der Waals surface area contributed by atoms with E-state index in [1.165, 1.54) is 6.92 Å². The molecule has 0 amide bonds. The number of benzene rings is 1. The average molecular weight is 230 g/mol. The Labute approximate surface area is 98.5 Å². The summed E-state index contributed by atoms with van der Waals surface area (Å²) in [6.07, 6.45) is 2.15. The van der Waals surface area contributed by atoms with Gasteiger partial charge in [-0.25, -0.2) is 4.79 Å². The number of aromatic nitrogens is 2. The highest BCUT2D eigenvalue weighted by Crippen LogP contribution is 2.36. The van der Waals surface area contributed by atoms with Gasteiger partial charge in [0.1, 0.15) is 0 Å². The summed E-state index contributed by atoms with van der Waals surface area (Å²) in [4.78, 5) is 23.4. The summed E-state index contributed by atoms with van der Waals surface area (Å²) < 4.78 is 3.47. The lowest BCUT2D eigenvalue weighted by molar-refractivity contribution is 0.101. The highest BCUT2D eigenvalue weighted by Gasteiger charge is 2.28. The van der Waals surface area contributed by atoms with E-state index in [1.54, 1.807) is 23.7 Å². The van der Waals surface area contributed by atoms with E-state index in [0.29, 0.717) is 11.6 Å². The topological polar surface area (TPSA) is 44.0 Å². The first-order chi connectivity index (χ1) is 8.09. The van der Waals surface area contributed by atoms with Crippen molar-refractivity contribution in [2.75, 3.05) is 0 Å². The van der Waals surface area contributed by atoms with Crippen molar-refractivity contribution >= 4 is 16.8 Å². The van der Waals surface area contributed by atoms with Gasteiger partial charge in [0.2, 0.25) is 0 Å². The van der Waals surface area contributed by atoms with Gasteiger partial charge in [-0.3, -0.25) is 13.9 Å². The minimum atomic E-state index is 0.0169. The molecule has 1 aliphatic rings. The van der Waals surface area contributed by atoms with Crippen molar-refractivity contribution < 1.29 is 4.79 Å². The molecule has 88 valence electrons. The van der Waals surface area contributed by atoms with Crippen LogP contribution in [0.3, 0.4) is 0 Å². The summed E-state index contributed by atoms with van der Waals surface area (Å²) in [6.45, 7) is 1.54. The van der Waals surface area contributed by atoms with E-state index in [0.717, 1.165) is 23.9 Å². The molecule has 0 bridgehead atoms. The van der Waals surface area contributed by atoms with Crippen molar-refractivity contribution in [1.29, 1.82) is 0 Å². The summed E-state index contributed by atoms with van der Waals surface area (Å²) in [7, 11) is 1.76. The molecule has 1 aromatic carbocycles. The molecule has 2 aromatic rings. The Morgan fingerprint density at radius 1 is 1.29 bits per heavy atom. The molecule has 0 unspecified atom stereocenters. The molecule has 0 N–H and O–H groups in total. The number of imidazole rings is 1. The summed E-state index contributed by atoms with van der Waals surface area (Å²) in [6, 6.07) is 5.83. The standard InChI is InChI=1S/C13H14N2O2/c1-8(16)9-3-6-11-12(7-9)14(2)13(17)15(11)10-4-5-10/h3,6-7,10H,4-5H2,1-2H3. The van der Waals surface area contributed by atoms with Gasteiger partial charge in [-0.15, -0.1) is 0 Å². The summed E-state index contributed by atoms with van der Waals surface area (Å²) >= 11 is 0. The predicted octanol–water partition coefficient (Wildman–Crippen LogP) is 1.88. The molecule has 1 saturated carbocycles. The SMILES string of the molecule is CC(=O)c1ccc2c(c1)n(C)c(=O)n2C1CC1. The first kappa shape index (κ1) is 10.3. The first-order valence-corrected chi connectivity index (χ1v) is 5.81. The zero-order valence-electron chi connectivity index (χ0n) is 9.93. The van der Waals surface area contributed by atoms with Crippen molar-refractivity contribution in [2.24, 2.45) is 7.05 Å². The lowest BCUT2D eigenvalue weighted by Crippen LogP contribution is -2.21. The molecular weight excluding hydrogens is 216 g/mol. The fourth-order valence-electron chi connectivity index (χ4n) is 2.27. The van der Waals surface area contributed by atoms with E-state index in [9.17, 15) is 9.59 Å². The molecule has 1 fully saturated rings. The second-order valence-corrected chi connectivity index (χ2v) is 4.70. The zero-order chi connectivity index (χ0) is 12.2. The van der Waals surface area contributed by atoms with Gasteiger partial charge in [-0.05, 0) is 38.0 Å². The zero-order valence-corrected chi connectivity index (χ0v) is 9.93. The molecule has 0 saturated heterocycles. The summed E-state index contributed by atoms with van der Waals surface area (Å²) in [5, 5.41) is 0. The van der Waals surface area contributed by atoms with Gasteiger partial charge in [0.15, 0.2) is 5.78 Å². The molecule has 3 rings (SSSR count). The summed E-state index contributed by atoms with van der Waals surface area (Å²) in [5.41, 5.74) is 2.45. The number of hydrogen-bond donors (Lipinski definition) is 0. The Morgan fingerprint density at radius 2 is 2.00 bits per heavy atom. The number of ketones is 1. The molecule has 17 heavy (non-hydrogen) atoms. The maximum atomic E-state index is 12.1. The lowest BCUT2D eigenvalue weighted by atomic mass is 10.1. The van der Waals surface area contributed by atoms with Crippen molar-refractivity contribution in [2.45, 2.75) is 25.8 Å². The van der Waals surface area contributed by atoms with E-state index in [-0.39, 0.29) is 11.5 Å². The number of nitrogens with zero attached hydrogens (tertiary/aromatic N) is 2. The number of rotatable bonds is 2. The van der Waals surface area contributed by atoms with Crippen LogP contribution in [0.1, 0.15) is 36.2 Å². The van der Waals surface area contributed by atoms with Crippen LogP contribution in [0.4, 0.5) is 0 Å². The third-order valence-electron chi connectivity index (χ3n) is 3.41. The molecule has 1 aliphatic carbocycles. The van der Waals surface area contributed by atoms with E-state index in [4.69, 9.17) is 0 Å². The Bertz CT molecular complexity index is 675. The van der Waals surface area contributed by atoms with Gasteiger partial charge in [-0.1, -0.05) is 0 Å². The van der Waals surface area contributed by atoms with Crippen LogP contribution in [0.15, 0.2) is 23.0 Å². The quantitative estimate of drug-likeness (QED) is 0.739. The number of carbonyl (C=O) groups excluding carboxylic acids is 1. The lowest BCUT2D eigenvalue weighted by Gasteiger charge is -2.00. The number of Topliss-reactive ketones (excluding diaryl/α,β-unsaturated/α-hetero) is 1. The third kappa shape index (κ3) is 1.44. The molecule has 0 spiro atoms. The van der Waals surface area contributed by atoms with Crippen LogP contribution < -0.4 is 5.69 Å². The van der Waals surface area contributed by atoms with Crippen molar-refractivity contribution in [3.8, 4) is 0 Å². The van der Waals surface area contributed by atoms with Crippen molar-refractivity contribution in [3.63, 3.8) is 0 Å². The van der Waals surface area contributed by atoms with Crippen LogP contribution in [-0.2, 0) is 7.05 Å². The van der Waals surface area contributed by atoms with Crippen molar-refractivity contribution in [1.82, 2.24) is 9.13 Å². The second-order valence-electron chi connectivity index (χ2n) is 4.70. The molecule has 1 heterocycles. The van der Waals surface area contributed by atoms with Gasteiger partial charge in [0, 0.05) is 18.7 Å². The van der Waals surface area contributed by atoms with Crippen LogP contribution in [0.5, 0.6) is 0 Å².